The number of hydrogen-bond donors (Lipinski definition) is 0. The van der Waals surface area contributed by atoms with Crippen LogP contribution in [0.25, 0.3) is 0 Å². The minimum Gasteiger partial charge on any atom is -0.457 e. The van der Waals surface area contributed by atoms with Gasteiger partial charge in [-0.15, -0.1) is 0 Å². The predicted molar refractivity (Wildman–Crippen MR) is 95.7 cm³/mol. The highest BCUT2D eigenvalue weighted by Crippen LogP contribution is 2.46. The van der Waals surface area contributed by atoms with Crippen LogP contribution in [0.5, 0.6) is 0 Å². The molecule has 3 atom stereocenters. The average molecular weight is 323 g/mol. The largest absolute Gasteiger partial charge is 0.457 e. The summed E-state index contributed by atoms with van der Waals surface area (Å²) in [6, 6.07) is 20.4. The van der Waals surface area contributed by atoms with Crippen LogP contribution >= 0.6 is 0 Å². The molecule has 126 valence electrons. The number of rotatable bonds is 6. The minimum absolute atomic E-state index is 0.0571. The van der Waals surface area contributed by atoms with Gasteiger partial charge >= 0.3 is 5.97 Å². The van der Waals surface area contributed by atoms with Gasteiger partial charge in [-0.2, -0.15) is 0 Å². The Morgan fingerprint density at radius 1 is 0.875 bits per heavy atom. The lowest BCUT2D eigenvalue weighted by atomic mass is 9.81. The molecular formula is C21H25NO2. The summed E-state index contributed by atoms with van der Waals surface area (Å²) in [7, 11) is 0. The fourth-order valence-electron chi connectivity index (χ4n) is 3.59. The Bertz CT molecular complexity index is 652. The molecule has 1 saturated heterocycles. The van der Waals surface area contributed by atoms with Crippen molar-refractivity contribution in [2.24, 2.45) is 5.92 Å². The molecule has 1 fully saturated rings. The quantitative estimate of drug-likeness (QED) is 0.752. The molecule has 0 amide bonds. The number of benzene rings is 2. The van der Waals surface area contributed by atoms with Crippen molar-refractivity contribution in [2.75, 3.05) is 19.6 Å². The molecule has 0 bridgehead atoms. The van der Waals surface area contributed by atoms with Gasteiger partial charge in [-0.1, -0.05) is 74.5 Å². The van der Waals surface area contributed by atoms with Crippen molar-refractivity contribution in [2.45, 2.75) is 25.9 Å². The van der Waals surface area contributed by atoms with E-state index >= 15 is 0 Å². The first-order chi connectivity index (χ1) is 11.7. The van der Waals surface area contributed by atoms with Crippen LogP contribution < -0.4 is 0 Å². The van der Waals surface area contributed by atoms with Gasteiger partial charge in [0.25, 0.3) is 0 Å². The first-order valence-electron chi connectivity index (χ1n) is 8.77. The van der Waals surface area contributed by atoms with E-state index < -0.39 is 0 Å². The van der Waals surface area contributed by atoms with Crippen LogP contribution in [0.3, 0.4) is 0 Å². The van der Waals surface area contributed by atoms with Gasteiger partial charge in [-0.3, -0.25) is 4.79 Å². The third-order valence-electron chi connectivity index (χ3n) is 4.97. The maximum atomic E-state index is 12.7. The second-order valence-electron chi connectivity index (χ2n) is 6.30. The van der Waals surface area contributed by atoms with Crippen molar-refractivity contribution in [3.05, 3.63) is 71.8 Å². The molecule has 2 aromatic rings. The maximum absolute atomic E-state index is 12.7. The molecule has 0 N–H and O–H groups in total. The maximum Gasteiger partial charge on any atom is 0.311 e. The second-order valence-corrected chi connectivity index (χ2v) is 6.30. The third kappa shape index (κ3) is 3.36. The summed E-state index contributed by atoms with van der Waals surface area (Å²) in [6.45, 7) is 6.90. The standard InChI is InChI=1S/C21H25NO2/c1-3-22(4-2)15-18-19(16-11-7-5-8-12-16)20(24-21(18)23)17-13-9-6-10-14-17/h5-14,18-20H,3-4,15H2,1-2H3/t18-,19+,20+/m0/s1. The van der Waals surface area contributed by atoms with E-state index in [1.54, 1.807) is 0 Å². The van der Waals surface area contributed by atoms with E-state index in [-0.39, 0.29) is 23.9 Å². The summed E-state index contributed by atoms with van der Waals surface area (Å²) in [6.07, 6.45) is -0.207. The Kier molecular flexibility index (Phi) is 5.31. The lowest BCUT2D eigenvalue weighted by Gasteiger charge is -2.26. The molecule has 2 aromatic carbocycles. The molecule has 24 heavy (non-hydrogen) atoms. The average Bonchev–Trinajstić information content (AvgIpc) is 2.97. The zero-order valence-electron chi connectivity index (χ0n) is 14.4. The molecule has 1 aliphatic heterocycles. The molecule has 3 nitrogen and oxygen atoms in total. The molecule has 3 rings (SSSR count). The van der Waals surface area contributed by atoms with E-state index in [4.69, 9.17) is 4.74 Å². The van der Waals surface area contributed by atoms with Crippen LogP contribution in [0.2, 0.25) is 0 Å². The normalized spacial score (nSPS) is 23.5. The van der Waals surface area contributed by atoms with Gasteiger partial charge in [0.05, 0.1) is 5.92 Å². The molecule has 1 aliphatic rings. The van der Waals surface area contributed by atoms with Crippen molar-refractivity contribution in [1.29, 1.82) is 0 Å². The Morgan fingerprint density at radius 3 is 1.96 bits per heavy atom. The molecule has 0 unspecified atom stereocenters. The van der Waals surface area contributed by atoms with Crippen LogP contribution in [0, 0.1) is 5.92 Å². The van der Waals surface area contributed by atoms with Crippen molar-refractivity contribution in [1.82, 2.24) is 4.90 Å². The summed E-state index contributed by atoms with van der Waals surface area (Å²) in [5, 5.41) is 0. The van der Waals surface area contributed by atoms with E-state index in [2.05, 4.69) is 30.9 Å². The minimum atomic E-state index is -0.207. The molecule has 0 aliphatic carbocycles. The predicted octanol–water partition coefficient (Wildman–Crippen LogP) is 4.03. The molecule has 3 heteroatoms. The summed E-state index contributed by atoms with van der Waals surface area (Å²) in [5.74, 6) is -0.149. The van der Waals surface area contributed by atoms with Crippen molar-refractivity contribution < 1.29 is 9.53 Å². The zero-order valence-corrected chi connectivity index (χ0v) is 14.4. The van der Waals surface area contributed by atoms with Gasteiger partial charge in [0, 0.05) is 12.5 Å². The number of carbonyl (C=O) groups excluding carboxylic acids is 1. The van der Waals surface area contributed by atoms with E-state index in [0.717, 1.165) is 25.2 Å². The van der Waals surface area contributed by atoms with Gasteiger partial charge in [0.15, 0.2) is 0 Å². The van der Waals surface area contributed by atoms with Crippen LogP contribution in [-0.2, 0) is 9.53 Å². The fraction of sp³-hybridized carbons (Fsp3) is 0.381. The zero-order chi connectivity index (χ0) is 16.9. The topological polar surface area (TPSA) is 29.5 Å². The molecule has 1 heterocycles. The second kappa shape index (κ2) is 7.63. The van der Waals surface area contributed by atoms with Crippen LogP contribution in [0.1, 0.15) is 37.0 Å². The Morgan fingerprint density at radius 2 is 1.42 bits per heavy atom. The van der Waals surface area contributed by atoms with E-state index in [9.17, 15) is 4.79 Å². The molecular weight excluding hydrogens is 298 g/mol. The number of carbonyl (C=O) groups is 1. The Labute approximate surface area is 144 Å². The SMILES string of the molecule is CCN(CC)C[C@@H]1C(=O)O[C@H](c2ccccc2)[C@@H]1c1ccccc1. The Balaban J connectivity index is 1.97. The number of nitrogens with zero attached hydrogens (tertiary/aromatic N) is 1. The van der Waals surface area contributed by atoms with Gasteiger partial charge in [-0.25, -0.2) is 0 Å². The van der Waals surface area contributed by atoms with Gasteiger partial charge < -0.3 is 9.64 Å². The van der Waals surface area contributed by atoms with E-state index in [0.29, 0.717) is 0 Å². The number of esters is 1. The highest BCUT2D eigenvalue weighted by atomic mass is 16.6. The van der Waals surface area contributed by atoms with Crippen LogP contribution in [-0.4, -0.2) is 30.5 Å². The number of hydrogen-bond acceptors (Lipinski definition) is 3. The van der Waals surface area contributed by atoms with Crippen molar-refractivity contribution in [3.8, 4) is 0 Å². The van der Waals surface area contributed by atoms with Crippen LogP contribution in [0.15, 0.2) is 60.7 Å². The van der Waals surface area contributed by atoms with Crippen LogP contribution in [0.4, 0.5) is 0 Å². The van der Waals surface area contributed by atoms with Gasteiger partial charge in [-0.05, 0) is 24.2 Å². The summed E-state index contributed by atoms with van der Waals surface area (Å²) in [5.41, 5.74) is 2.25. The first kappa shape index (κ1) is 16.7. The number of cyclic esters (lactones) is 1. The molecule has 0 aromatic heterocycles. The van der Waals surface area contributed by atoms with Gasteiger partial charge in [0.2, 0.25) is 0 Å². The monoisotopic (exact) mass is 323 g/mol. The molecule has 0 spiro atoms. The number of ether oxygens (including phenoxy) is 1. The summed E-state index contributed by atoms with van der Waals surface area (Å²) < 4.78 is 5.85. The fourth-order valence-corrected chi connectivity index (χ4v) is 3.59. The van der Waals surface area contributed by atoms with Crippen molar-refractivity contribution in [3.63, 3.8) is 0 Å². The highest BCUT2D eigenvalue weighted by molar-refractivity contribution is 5.77. The highest BCUT2D eigenvalue weighted by Gasteiger charge is 2.46. The van der Waals surface area contributed by atoms with E-state index in [1.807, 2.05) is 48.5 Å². The molecule has 0 saturated carbocycles. The Hall–Kier alpha value is -2.13. The summed E-state index contributed by atoms with van der Waals surface area (Å²) in [4.78, 5) is 15.0. The van der Waals surface area contributed by atoms with Gasteiger partial charge in [0.1, 0.15) is 6.10 Å². The smallest absolute Gasteiger partial charge is 0.311 e. The molecule has 0 radical (unpaired) electrons. The summed E-state index contributed by atoms with van der Waals surface area (Å²) >= 11 is 0. The lowest BCUT2D eigenvalue weighted by molar-refractivity contribution is -0.144. The lowest BCUT2D eigenvalue weighted by Crippen LogP contribution is -2.33. The van der Waals surface area contributed by atoms with Crippen molar-refractivity contribution >= 4 is 5.97 Å². The third-order valence-corrected chi connectivity index (χ3v) is 4.97. The first-order valence-corrected chi connectivity index (χ1v) is 8.77. The van der Waals surface area contributed by atoms with E-state index in [1.165, 1.54) is 5.56 Å².